The zero-order valence-electron chi connectivity index (χ0n) is 16.0. The highest BCUT2D eigenvalue weighted by Gasteiger charge is 2.28. The molecule has 3 N–H and O–H groups in total. The van der Waals surface area contributed by atoms with Crippen LogP contribution in [0, 0.1) is 0 Å². The number of aromatic amines is 2. The van der Waals surface area contributed by atoms with Crippen LogP contribution in [0.4, 0.5) is 0 Å². The van der Waals surface area contributed by atoms with Crippen LogP contribution in [0.2, 0.25) is 0 Å². The molecule has 0 aliphatic heterocycles. The molecule has 0 radical (unpaired) electrons. The van der Waals surface area contributed by atoms with E-state index in [0.29, 0.717) is 5.71 Å². The molecule has 0 bridgehead atoms. The molecule has 2 aromatic heterocycles. The molecule has 3 aromatic carbocycles. The van der Waals surface area contributed by atoms with Gasteiger partial charge in [-0.1, -0.05) is 65.1 Å². The highest BCUT2D eigenvalue weighted by Crippen LogP contribution is 2.39. The van der Waals surface area contributed by atoms with Crippen molar-refractivity contribution < 1.29 is 5.21 Å². The number of rotatable bonds is 4. The number of oxime groups is 1. The topological polar surface area (TPSA) is 64.2 Å². The van der Waals surface area contributed by atoms with Crippen molar-refractivity contribution in [3.05, 3.63) is 103 Å². The van der Waals surface area contributed by atoms with Crippen LogP contribution in [0.1, 0.15) is 22.6 Å². The van der Waals surface area contributed by atoms with Gasteiger partial charge in [-0.3, -0.25) is 0 Å². The largest absolute Gasteiger partial charge is 0.411 e. The van der Waals surface area contributed by atoms with Gasteiger partial charge in [0.05, 0.1) is 11.6 Å². The molecule has 0 unspecified atom stereocenters. The van der Waals surface area contributed by atoms with Gasteiger partial charge in [0.25, 0.3) is 0 Å². The van der Waals surface area contributed by atoms with Crippen molar-refractivity contribution in [1.82, 2.24) is 9.97 Å². The second-order valence-corrected chi connectivity index (χ2v) is 10.0. The summed E-state index contributed by atoms with van der Waals surface area (Å²) in [6.07, 6.45) is 4.01. The van der Waals surface area contributed by atoms with Gasteiger partial charge in [0.15, 0.2) is 0 Å². The molecule has 0 atom stereocenters. The lowest BCUT2D eigenvalue weighted by Gasteiger charge is -2.19. The molecular formula is C24H16Br3N3O. The van der Waals surface area contributed by atoms with Crippen molar-refractivity contribution in [2.24, 2.45) is 5.16 Å². The second kappa shape index (κ2) is 8.30. The minimum atomic E-state index is -0.294. The van der Waals surface area contributed by atoms with Crippen LogP contribution in [0.25, 0.3) is 21.8 Å². The number of benzene rings is 3. The van der Waals surface area contributed by atoms with Crippen molar-refractivity contribution in [3.63, 3.8) is 0 Å². The van der Waals surface area contributed by atoms with Gasteiger partial charge in [0, 0.05) is 53.2 Å². The number of aromatic nitrogens is 2. The predicted octanol–water partition coefficient (Wildman–Crippen LogP) is 7.95. The number of hydrogen-bond donors (Lipinski definition) is 3. The molecule has 0 saturated carbocycles. The molecule has 0 spiro atoms. The SMILES string of the molecule is O/N=C(/c1ccc(Br)cc1)C(c1c[nH]c2ccc(Br)cc12)c1c[nH]c2ccc(Br)cc12. The van der Waals surface area contributed by atoms with Crippen molar-refractivity contribution in [1.29, 1.82) is 0 Å². The van der Waals surface area contributed by atoms with E-state index in [1.165, 1.54) is 0 Å². The minimum absolute atomic E-state index is 0.294. The molecule has 31 heavy (non-hydrogen) atoms. The maximum Gasteiger partial charge on any atom is 0.0988 e. The zero-order chi connectivity index (χ0) is 21.5. The summed E-state index contributed by atoms with van der Waals surface area (Å²) in [5.41, 5.74) is 5.55. The van der Waals surface area contributed by atoms with Crippen molar-refractivity contribution >= 4 is 75.3 Å². The van der Waals surface area contributed by atoms with Gasteiger partial charge < -0.3 is 15.2 Å². The summed E-state index contributed by atoms with van der Waals surface area (Å²) >= 11 is 10.7. The molecule has 5 rings (SSSR count). The first kappa shape index (κ1) is 20.5. The standard InChI is InChI=1S/C24H16Br3N3O/c25-14-3-1-13(2-4-14)24(30-31)23(19-11-28-21-7-5-15(26)9-17(19)21)20-12-29-22-8-6-16(27)10-18(20)22/h1-12,23,28-29,31H/b30-24-. The molecule has 0 fully saturated rings. The second-order valence-electron chi connectivity index (χ2n) is 7.29. The van der Waals surface area contributed by atoms with Gasteiger partial charge in [0.2, 0.25) is 0 Å². The predicted molar refractivity (Wildman–Crippen MR) is 136 cm³/mol. The summed E-state index contributed by atoms with van der Waals surface area (Å²) in [7, 11) is 0. The third kappa shape index (κ3) is 3.75. The van der Waals surface area contributed by atoms with E-state index in [0.717, 1.165) is 51.9 Å². The van der Waals surface area contributed by atoms with Crippen LogP contribution in [-0.2, 0) is 0 Å². The zero-order valence-corrected chi connectivity index (χ0v) is 20.8. The van der Waals surface area contributed by atoms with E-state index in [1.807, 2.05) is 60.9 Å². The quantitative estimate of drug-likeness (QED) is 0.109. The number of nitrogens with one attached hydrogen (secondary N) is 2. The van der Waals surface area contributed by atoms with Crippen LogP contribution in [0.5, 0.6) is 0 Å². The molecule has 4 nitrogen and oxygen atoms in total. The average molecular weight is 602 g/mol. The number of H-pyrrole nitrogens is 2. The van der Waals surface area contributed by atoms with E-state index in [4.69, 9.17) is 0 Å². The lowest BCUT2D eigenvalue weighted by Crippen LogP contribution is -2.15. The van der Waals surface area contributed by atoms with Gasteiger partial charge in [0.1, 0.15) is 0 Å². The van der Waals surface area contributed by atoms with E-state index in [9.17, 15) is 5.21 Å². The van der Waals surface area contributed by atoms with Gasteiger partial charge in [-0.15, -0.1) is 0 Å². The van der Waals surface area contributed by atoms with E-state index in [-0.39, 0.29) is 5.92 Å². The molecule has 0 amide bonds. The van der Waals surface area contributed by atoms with Crippen LogP contribution in [0.15, 0.2) is 91.6 Å². The molecule has 154 valence electrons. The van der Waals surface area contributed by atoms with E-state index < -0.39 is 0 Å². The summed E-state index contributed by atoms with van der Waals surface area (Å²) < 4.78 is 2.96. The Morgan fingerprint density at radius 2 is 1.19 bits per heavy atom. The first-order valence-electron chi connectivity index (χ1n) is 9.56. The van der Waals surface area contributed by atoms with Crippen molar-refractivity contribution in [3.8, 4) is 0 Å². The lowest BCUT2D eigenvalue weighted by molar-refractivity contribution is 0.317. The summed E-state index contributed by atoms with van der Waals surface area (Å²) in [5.74, 6) is -0.294. The maximum absolute atomic E-state index is 10.2. The average Bonchev–Trinajstić information content (AvgIpc) is 3.36. The van der Waals surface area contributed by atoms with Crippen molar-refractivity contribution in [2.45, 2.75) is 5.92 Å². The third-order valence-electron chi connectivity index (χ3n) is 5.49. The molecular weight excluding hydrogens is 586 g/mol. The highest BCUT2D eigenvalue weighted by molar-refractivity contribution is 9.11. The highest BCUT2D eigenvalue weighted by atomic mass is 79.9. The van der Waals surface area contributed by atoms with Crippen molar-refractivity contribution in [2.75, 3.05) is 0 Å². The minimum Gasteiger partial charge on any atom is -0.411 e. The Balaban J connectivity index is 1.80. The summed E-state index contributed by atoms with van der Waals surface area (Å²) in [5, 5.41) is 16.2. The maximum atomic E-state index is 10.2. The summed E-state index contributed by atoms with van der Waals surface area (Å²) in [4.78, 5) is 6.74. The third-order valence-corrected chi connectivity index (χ3v) is 7.01. The fraction of sp³-hybridized carbons (Fsp3) is 0.0417. The molecule has 0 aliphatic carbocycles. The van der Waals surface area contributed by atoms with Crippen LogP contribution < -0.4 is 0 Å². The van der Waals surface area contributed by atoms with Gasteiger partial charge in [-0.25, -0.2) is 0 Å². The Kier molecular flexibility index (Phi) is 5.50. The fourth-order valence-electron chi connectivity index (χ4n) is 4.07. The Labute approximate surface area is 203 Å². The molecule has 0 saturated heterocycles. The van der Waals surface area contributed by atoms with E-state index in [1.54, 1.807) is 0 Å². The first-order valence-corrected chi connectivity index (χ1v) is 11.9. The van der Waals surface area contributed by atoms with Gasteiger partial charge >= 0.3 is 0 Å². The monoisotopic (exact) mass is 599 g/mol. The summed E-state index contributed by atoms with van der Waals surface area (Å²) in [6.45, 7) is 0. The number of halogens is 3. The first-order chi connectivity index (χ1) is 15.0. The number of hydrogen-bond acceptors (Lipinski definition) is 2. The Bertz CT molecular complexity index is 1350. The summed E-state index contributed by atoms with van der Waals surface area (Å²) in [6, 6.07) is 20.1. The van der Waals surface area contributed by atoms with Crippen LogP contribution >= 0.6 is 47.8 Å². The molecule has 7 heteroatoms. The Morgan fingerprint density at radius 3 is 1.68 bits per heavy atom. The smallest absolute Gasteiger partial charge is 0.0988 e. The number of fused-ring (bicyclic) bond motifs is 2. The van der Waals surface area contributed by atoms with E-state index >= 15 is 0 Å². The molecule has 5 aromatic rings. The Morgan fingerprint density at radius 1 is 0.710 bits per heavy atom. The fourth-order valence-corrected chi connectivity index (χ4v) is 5.06. The van der Waals surface area contributed by atoms with Gasteiger partial charge in [-0.2, -0.15) is 0 Å². The van der Waals surface area contributed by atoms with Crippen LogP contribution in [-0.4, -0.2) is 20.9 Å². The Hall–Kier alpha value is -2.35. The molecule has 2 heterocycles. The molecule has 0 aliphatic rings. The van der Waals surface area contributed by atoms with E-state index in [2.05, 4.69) is 75.0 Å². The lowest BCUT2D eigenvalue weighted by atomic mass is 9.84. The van der Waals surface area contributed by atoms with Gasteiger partial charge in [-0.05, 0) is 59.7 Å². The normalized spacial score (nSPS) is 12.3. The number of nitrogens with zero attached hydrogens (tertiary/aromatic N) is 1. The van der Waals surface area contributed by atoms with Crippen LogP contribution in [0.3, 0.4) is 0 Å².